The van der Waals surface area contributed by atoms with Gasteiger partial charge in [-0.15, -0.1) is 0 Å². The molecule has 2 amide bonds. The predicted octanol–water partition coefficient (Wildman–Crippen LogP) is 4.21. The van der Waals surface area contributed by atoms with Crippen LogP contribution in [-0.4, -0.2) is 23.3 Å². The van der Waals surface area contributed by atoms with Crippen LogP contribution in [-0.2, 0) is 0 Å². The molecular formula is C20H18ClN3O2. The van der Waals surface area contributed by atoms with Crippen LogP contribution in [0.2, 0.25) is 5.02 Å². The normalized spacial score (nSPS) is 13.6. The average Bonchev–Trinajstić information content (AvgIpc) is 3.41. The molecule has 3 N–H and O–H groups in total. The zero-order valence-corrected chi connectivity index (χ0v) is 14.8. The molecule has 1 aliphatic rings. The lowest BCUT2D eigenvalue weighted by Gasteiger charge is -2.08. The number of hydrogen-bond donors (Lipinski definition) is 3. The van der Waals surface area contributed by atoms with Gasteiger partial charge in [0.05, 0.1) is 5.69 Å². The maximum absolute atomic E-state index is 12.6. The third-order valence-corrected chi connectivity index (χ3v) is 4.78. The minimum absolute atomic E-state index is 0.209. The Balaban J connectivity index is 1.65. The summed E-state index contributed by atoms with van der Waals surface area (Å²) in [6.45, 7) is 0.665. The quantitative estimate of drug-likeness (QED) is 0.631. The largest absolute Gasteiger partial charge is 0.350 e. The third kappa shape index (κ3) is 3.44. The second kappa shape index (κ2) is 6.84. The van der Waals surface area contributed by atoms with Crippen molar-refractivity contribution in [1.82, 2.24) is 10.3 Å². The van der Waals surface area contributed by atoms with Crippen LogP contribution < -0.4 is 10.6 Å². The van der Waals surface area contributed by atoms with E-state index >= 15 is 0 Å². The molecule has 0 spiro atoms. The molecule has 1 fully saturated rings. The number of carbonyl (C=O) groups is 2. The van der Waals surface area contributed by atoms with Crippen LogP contribution in [0.25, 0.3) is 10.9 Å². The minimum atomic E-state index is -0.289. The lowest BCUT2D eigenvalue weighted by molar-refractivity contribution is 0.0948. The number of rotatable bonds is 5. The highest BCUT2D eigenvalue weighted by atomic mass is 35.5. The van der Waals surface area contributed by atoms with E-state index in [4.69, 9.17) is 11.6 Å². The Morgan fingerprint density at radius 2 is 1.77 bits per heavy atom. The van der Waals surface area contributed by atoms with Crippen molar-refractivity contribution in [3.63, 3.8) is 0 Å². The second-order valence-electron chi connectivity index (χ2n) is 6.54. The minimum Gasteiger partial charge on any atom is -0.350 e. The summed E-state index contributed by atoms with van der Waals surface area (Å²) in [4.78, 5) is 28.4. The molecule has 132 valence electrons. The van der Waals surface area contributed by atoms with Gasteiger partial charge in [-0.3, -0.25) is 9.59 Å². The van der Waals surface area contributed by atoms with Gasteiger partial charge in [0, 0.05) is 28.0 Å². The van der Waals surface area contributed by atoms with E-state index in [1.54, 1.807) is 24.3 Å². The van der Waals surface area contributed by atoms with Crippen LogP contribution in [0.4, 0.5) is 5.69 Å². The molecule has 0 radical (unpaired) electrons. The number of aromatic amines is 1. The first-order valence-corrected chi connectivity index (χ1v) is 8.95. The number of para-hydroxylation sites is 1. The van der Waals surface area contributed by atoms with Crippen molar-refractivity contribution in [2.24, 2.45) is 5.92 Å². The highest BCUT2D eigenvalue weighted by molar-refractivity contribution is 6.30. The summed E-state index contributed by atoms with van der Waals surface area (Å²) in [5, 5.41) is 7.18. The van der Waals surface area contributed by atoms with Gasteiger partial charge in [-0.2, -0.15) is 0 Å². The molecule has 0 unspecified atom stereocenters. The molecule has 0 aliphatic heterocycles. The fraction of sp³-hybridized carbons (Fsp3) is 0.200. The van der Waals surface area contributed by atoms with Gasteiger partial charge in [0.15, 0.2) is 0 Å². The van der Waals surface area contributed by atoms with Gasteiger partial charge in [-0.1, -0.05) is 29.8 Å². The van der Waals surface area contributed by atoms with Crippen molar-refractivity contribution in [2.75, 3.05) is 11.9 Å². The first-order valence-electron chi connectivity index (χ1n) is 8.57. The predicted molar refractivity (Wildman–Crippen MR) is 103 cm³/mol. The molecular weight excluding hydrogens is 350 g/mol. The summed E-state index contributed by atoms with van der Waals surface area (Å²) in [5.74, 6) is 0.0811. The number of aromatic nitrogens is 1. The van der Waals surface area contributed by atoms with Crippen molar-refractivity contribution >= 4 is 40.0 Å². The van der Waals surface area contributed by atoms with E-state index in [-0.39, 0.29) is 11.8 Å². The Bertz CT molecular complexity index is 974. The smallest absolute Gasteiger partial charge is 0.269 e. The maximum atomic E-state index is 12.6. The molecule has 1 saturated carbocycles. The SMILES string of the molecule is O=C(Nc1c(C(=O)NCC2CC2)[nH]c2ccccc12)c1ccc(Cl)cc1. The molecule has 6 heteroatoms. The van der Waals surface area contributed by atoms with Gasteiger partial charge in [-0.25, -0.2) is 0 Å². The van der Waals surface area contributed by atoms with Crippen molar-refractivity contribution in [3.8, 4) is 0 Å². The first kappa shape index (κ1) is 16.7. The van der Waals surface area contributed by atoms with E-state index in [1.165, 1.54) is 0 Å². The lowest BCUT2D eigenvalue weighted by Crippen LogP contribution is -2.27. The Labute approximate surface area is 155 Å². The number of benzene rings is 2. The van der Waals surface area contributed by atoms with E-state index in [1.807, 2.05) is 24.3 Å². The molecule has 3 aromatic rings. The van der Waals surface area contributed by atoms with Crippen LogP contribution in [0.1, 0.15) is 33.7 Å². The fourth-order valence-electron chi connectivity index (χ4n) is 2.88. The molecule has 1 heterocycles. The first-order chi connectivity index (χ1) is 12.6. The Morgan fingerprint density at radius 1 is 1.04 bits per heavy atom. The van der Waals surface area contributed by atoms with E-state index in [9.17, 15) is 9.59 Å². The van der Waals surface area contributed by atoms with Gasteiger partial charge in [-0.05, 0) is 49.1 Å². The average molecular weight is 368 g/mol. The van der Waals surface area contributed by atoms with Gasteiger partial charge >= 0.3 is 0 Å². The molecule has 2 aromatic carbocycles. The molecule has 1 aliphatic carbocycles. The summed E-state index contributed by atoms with van der Waals surface area (Å²) in [7, 11) is 0. The summed E-state index contributed by atoms with van der Waals surface area (Å²) in [6.07, 6.45) is 2.32. The summed E-state index contributed by atoms with van der Waals surface area (Å²) in [6, 6.07) is 14.1. The molecule has 0 atom stereocenters. The molecule has 4 rings (SSSR count). The number of halogens is 1. The van der Waals surface area contributed by atoms with Crippen LogP contribution in [0.3, 0.4) is 0 Å². The van der Waals surface area contributed by atoms with Crippen molar-refractivity contribution < 1.29 is 9.59 Å². The standard InChI is InChI=1S/C20H18ClN3O2/c21-14-9-7-13(8-10-14)19(25)24-17-15-3-1-2-4-16(15)23-18(17)20(26)22-11-12-5-6-12/h1-4,7-10,12,23H,5-6,11H2,(H,22,26)(H,24,25). The van der Waals surface area contributed by atoms with Crippen LogP contribution in [0.15, 0.2) is 48.5 Å². The number of anilines is 1. The Morgan fingerprint density at radius 3 is 2.50 bits per heavy atom. The molecule has 26 heavy (non-hydrogen) atoms. The Hall–Kier alpha value is -2.79. The van der Waals surface area contributed by atoms with Crippen LogP contribution in [0.5, 0.6) is 0 Å². The van der Waals surface area contributed by atoms with Gasteiger partial charge in [0.1, 0.15) is 5.69 Å². The van der Waals surface area contributed by atoms with Gasteiger partial charge in [0.2, 0.25) is 0 Å². The van der Waals surface area contributed by atoms with Gasteiger partial charge in [0.25, 0.3) is 11.8 Å². The molecule has 0 bridgehead atoms. The lowest BCUT2D eigenvalue weighted by atomic mass is 10.1. The van der Waals surface area contributed by atoms with Crippen molar-refractivity contribution in [2.45, 2.75) is 12.8 Å². The molecule has 5 nitrogen and oxygen atoms in total. The van der Waals surface area contributed by atoms with Crippen molar-refractivity contribution in [1.29, 1.82) is 0 Å². The van der Waals surface area contributed by atoms with E-state index in [0.29, 0.717) is 34.4 Å². The monoisotopic (exact) mass is 367 g/mol. The van der Waals surface area contributed by atoms with E-state index < -0.39 is 0 Å². The zero-order chi connectivity index (χ0) is 18.1. The van der Waals surface area contributed by atoms with Crippen molar-refractivity contribution in [3.05, 3.63) is 64.8 Å². The highest BCUT2D eigenvalue weighted by Crippen LogP contribution is 2.30. The summed E-state index contributed by atoms with van der Waals surface area (Å²) >= 11 is 5.88. The summed E-state index contributed by atoms with van der Waals surface area (Å²) < 4.78 is 0. The number of hydrogen-bond acceptors (Lipinski definition) is 2. The highest BCUT2D eigenvalue weighted by Gasteiger charge is 2.24. The topological polar surface area (TPSA) is 74.0 Å². The molecule has 1 aromatic heterocycles. The van der Waals surface area contributed by atoms with E-state index in [0.717, 1.165) is 23.7 Å². The molecule has 0 saturated heterocycles. The zero-order valence-electron chi connectivity index (χ0n) is 14.0. The number of nitrogens with one attached hydrogen (secondary N) is 3. The summed E-state index contributed by atoms with van der Waals surface area (Å²) in [5.41, 5.74) is 2.14. The van der Waals surface area contributed by atoms with E-state index in [2.05, 4.69) is 15.6 Å². The van der Waals surface area contributed by atoms with Gasteiger partial charge < -0.3 is 15.6 Å². The number of carbonyl (C=O) groups excluding carboxylic acids is 2. The number of fused-ring (bicyclic) bond motifs is 1. The second-order valence-corrected chi connectivity index (χ2v) is 6.97. The number of H-pyrrole nitrogens is 1. The third-order valence-electron chi connectivity index (χ3n) is 4.53. The van der Waals surface area contributed by atoms with Crippen LogP contribution >= 0.6 is 11.6 Å². The van der Waals surface area contributed by atoms with Crippen LogP contribution in [0, 0.1) is 5.92 Å². The Kier molecular flexibility index (Phi) is 4.39. The maximum Gasteiger partial charge on any atom is 0.269 e. The number of amides is 2. The fourth-order valence-corrected chi connectivity index (χ4v) is 3.00.